The Kier molecular flexibility index (Phi) is 5.91. The lowest BCUT2D eigenvalue weighted by Gasteiger charge is -2.27. The number of anilines is 1. The molecule has 0 bridgehead atoms. The van der Waals surface area contributed by atoms with Gasteiger partial charge >= 0.3 is 0 Å². The fourth-order valence-corrected chi connectivity index (χ4v) is 4.69. The summed E-state index contributed by atoms with van der Waals surface area (Å²) < 4.78 is 28.2. The van der Waals surface area contributed by atoms with Crippen LogP contribution in [0.3, 0.4) is 0 Å². The van der Waals surface area contributed by atoms with E-state index in [0.29, 0.717) is 24.3 Å². The van der Waals surface area contributed by atoms with E-state index >= 15 is 0 Å². The number of carbonyl (C=O) groups is 1. The van der Waals surface area contributed by atoms with E-state index in [9.17, 15) is 13.2 Å². The Hall–Kier alpha value is -3.38. The van der Waals surface area contributed by atoms with Gasteiger partial charge in [-0.1, -0.05) is 60.2 Å². The molecule has 0 atom stereocenters. The van der Waals surface area contributed by atoms with Gasteiger partial charge in [-0.15, -0.1) is 0 Å². The number of sulfonamides is 1. The topological polar surface area (TPSA) is 66.5 Å². The molecule has 1 N–H and O–H groups in total. The molecule has 0 fully saturated rings. The zero-order valence-corrected chi connectivity index (χ0v) is 18.1. The van der Waals surface area contributed by atoms with Gasteiger partial charge in [0.15, 0.2) is 0 Å². The first-order valence-electron chi connectivity index (χ1n) is 10.2. The van der Waals surface area contributed by atoms with Crippen LogP contribution < -0.4 is 4.72 Å². The Balaban J connectivity index is 1.49. The second-order valence-corrected chi connectivity index (χ2v) is 9.28. The molecule has 5 nitrogen and oxygen atoms in total. The lowest BCUT2D eigenvalue weighted by molar-refractivity contribution is 0.0772. The predicted octanol–water partition coefficient (Wildman–Crippen LogP) is 4.73. The number of rotatable bonds is 5. The van der Waals surface area contributed by atoms with E-state index in [2.05, 4.69) is 22.9 Å². The van der Waals surface area contributed by atoms with E-state index in [0.717, 1.165) is 12.0 Å². The van der Waals surface area contributed by atoms with Gasteiger partial charge in [0, 0.05) is 24.3 Å². The molecule has 4 rings (SSSR count). The van der Waals surface area contributed by atoms with E-state index in [4.69, 9.17) is 0 Å². The Morgan fingerprint density at radius 2 is 1.68 bits per heavy atom. The summed E-state index contributed by atoms with van der Waals surface area (Å²) in [4.78, 5) is 14.8. The Morgan fingerprint density at radius 1 is 0.935 bits per heavy atom. The van der Waals surface area contributed by atoms with Crippen LogP contribution in [0.2, 0.25) is 0 Å². The minimum atomic E-state index is -3.79. The average molecular weight is 433 g/mol. The van der Waals surface area contributed by atoms with Crippen LogP contribution in [0.5, 0.6) is 0 Å². The highest BCUT2D eigenvalue weighted by Crippen LogP contribution is 2.24. The van der Waals surface area contributed by atoms with Crippen LogP contribution in [-0.2, 0) is 10.0 Å². The average Bonchev–Trinajstić information content (AvgIpc) is 2.81. The molecule has 0 unspecified atom stereocenters. The SMILES string of the molecule is Cc1ccc(NS(=O)(=O)c2cccc(C(=O)N3CC=C(c4ccccc4)CC3)c2)cc1. The van der Waals surface area contributed by atoms with Crippen molar-refractivity contribution in [3.8, 4) is 0 Å². The molecule has 3 aromatic carbocycles. The van der Waals surface area contributed by atoms with Crippen LogP contribution in [0, 0.1) is 6.92 Å². The third kappa shape index (κ3) is 4.86. The van der Waals surface area contributed by atoms with E-state index in [1.54, 1.807) is 29.2 Å². The molecule has 1 aliphatic heterocycles. The van der Waals surface area contributed by atoms with E-state index in [1.807, 2.05) is 37.3 Å². The summed E-state index contributed by atoms with van der Waals surface area (Å²) in [6.45, 7) is 3.03. The van der Waals surface area contributed by atoms with Gasteiger partial charge in [-0.2, -0.15) is 0 Å². The molecule has 1 amide bonds. The summed E-state index contributed by atoms with van der Waals surface area (Å²) in [7, 11) is -3.79. The molecular weight excluding hydrogens is 408 g/mol. The van der Waals surface area contributed by atoms with Crippen molar-refractivity contribution in [2.24, 2.45) is 0 Å². The second-order valence-electron chi connectivity index (χ2n) is 7.60. The highest BCUT2D eigenvalue weighted by atomic mass is 32.2. The first-order chi connectivity index (χ1) is 14.9. The van der Waals surface area contributed by atoms with Crippen molar-refractivity contribution >= 4 is 27.2 Å². The van der Waals surface area contributed by atoms with Crippen LogP contribution in [-0.4, -0.2) is 32.3 Å². The zero-order chi connectivity index (χ0) is 21.8. The zero-order valence-electron chi connectivity index (χ0n) is 17.3. The van der Waals surface area contributed by atoms with Crippen molar-refractivity contribution in [2.75, 3.05) is 17.8 Å². The maximum Gasteiger partial charge on any atom is 0.261 e. The number of hydrogen-bond acceptors (Lipinski definition) is 3. The summed E-state index contributed by atoms with van der Waals surface area (Å²) in [6.07, 6.45) is 2.83. The summed E-state index contributed by atoms with van der Waals surface area (Å²) in [5.41, 5.74) is 4.29. The van der Waals surface area contributed by atoms with Gasteiger partial charge in [0.2, 0.25) is 0 Å². The van der Waals surface area contributed by atoms with E-state index in [1.165, 1.54) is 23.3 Å². The summed E-state index contributed by atoms with van der Waals surface area (Å²) in [5, 5.41) is 0. The number of nitrogens with one attached hydrogen (secondary N) is 1. The van der Waals surface area contributed by atoms with Crippen molar-refractivity contribution in [3.63, 3.8) is 0 Å². The quantitative estimate of drug-likeness (QED) is 0.634. The molecule has 6 heteroatoms. The van der Waals surface area contributed by atoms with Gasteiger partial charge < -0.3 is 4.90 Å². The molecule has 0 aliphatic carbocycles. The maximum atomic E-state index is 13.0. The number of carbonyl (C=O) groups excluding carboxylic acids is 1. The fraction of sp³-hybridized carbons (Fsp3) is 0.160. The highest BCUT2D eigenvalue weighted by molar-refractivity contribution is 7.92. The normalized spacial score (nSPS) is 14.1. The standard InChI is InChI=1S/C25H24N2O3S/c1-19-10-12-23(13-11-19)26-31(29,30)24-9-5-8-22(18-24)25(28)27-16-14-21(15-17-27)20-6-3-2-4-7-20/h2-14,18,26H,15-17H2,1H3. The number of hydrogen-bond donors (Lipinski definition) is 1. The minimum absolute atomic E-state index is 0.0662. The van der Waals surface area contributed by atoms with Gasteiger partial charge in [-0.25, -0.2) is 8.42 Å². The predicted molar refractivity (Wildman–Crippen MR) is 123 cm³/mol. The molecule has 3 aromatic rings. The molecule has 1 heterocycles. The van der Waals surface area contributed by atoms with E-state index < -0.39 is 10.0 Å². The molecule has 158 valence electrons. The highest BCUT2D eigenvalue weighted by Gasteiger charge is 2.22. The van der Waals surface area contributed by atoms with Crippen LogP contribution in [0.4, 0.5) is 5.69 Å². The van der Waals surface area contributed by atoms with Gasteiger partial charge in [0.25, 0.3) is 15.9 Å². The molecule has 0 saturated heterocycles. The summed E-state index contributed by atoms with van der Waals surface area (Å²) in [6, 6.07) is 23.4. The second kappa shape index (κ2) is 8.78. The molecule has 31 heavy (non-hydrogen) atoms. The Morgan fingerprint density at radius 3 is 2.35 bits per heavy atom. The first kappa shape index (κ1) is 20.9. The number of aryl methyl sites for hydroxylation is 1. The van der Waals surface area contributed by atoms with Gasteiger partial charge in [0.05, 0.1) is 4.90 Å². The number of benzene rings is 3. The van der Waals surface area contributed by atoms with Crippen molar-refractivity contribution in [1.29, 1.82) is 0 Å². The number of amides is 1. The third-order valence-electron chi connectivity index (χ3n) is 5.34. The van der Waals surface area contributed by atoms with Crippen molar-refractivity contribution in [1.82, 2.24) is 4.90 Å². The molecule has 0 radical (unpaired) electrons. The lowest BCUT2D eigenvalue weighted by atomic mass is 9.99. The van der Waals surface area contributed by atoms with Gasteiger partial charge in [-0.3, -0.25) is 9.52 Å². The van der Waals surface area contributed by atoms with Gasteiger partial charge in [-0.05, 0) is 54.8 Å². The number of nitrogens with zero attached hydrogens (tertiary/aromatic N) is 1. The summed E-state index contributed by atoms with van der Waals surface area (Å²) in [5.74, 6) is -0.171. The van der Waals surface area contributed by atoms with Crippen LogP contribution in [0.25, 0.3) is 5.57 Å². The van der Waals surface area contributed by atoms with Crippen molar-refractivity contribution in [3.05, 3.63) is 102 Å². The molecule has 0 aromatic heterocycles. The van der Waals surface area contributed by atoms with Crippen molar-refractivity contribution in [2.45, 2.75) is 18.2 Å². The maximum absolute atomic E-state index is 13.0. The Bertz CT molecular complexity index is 1220. The molecule has 1 aliphatic rings. The van der Waals surface area contributed by atoms with Crippen molar-refractivity contribution < 1.29 is 13.2 Å². The Labute approximate surface area is 183 Å². The van der Waals surface area contributed by atoms with Crippen LogP contribution >= 0.6 is 0 Å². The lowest BCUT2D eigenvalue weighted by Crippen LogP contribution is -2.34. The third-order valence-corrected chi connectivity index (χ3v) is 6.71. The largest absolute Gasteiger partial charge is 0.335 e. The van der Waals surface area contributed by atoms with Gasteiger partial charge in [0.1, 0.15) is 0 Å². The molecule has 0 saturated carbocycles. The minimum Gasteiger partial charge on any atom is -0.335 e. The smallest absolute Gasteiger partial charge is 0.261 e. The first-order valence-corrected chi connectivity index (χ1v) is 11.6. The fourth-order valence-electron chi connectivity index (χ4n) is 3.58. The van der Waals surface area contributed by atoms with Crippen LogP contribution in [0.1, 0.15) is 27.9 Å². The van der Waals surface area contributed by atoms with Crippen LogP contribution in [0.15, 0.2) is 89.8 Å². The summed E-state index contributed by atoms with van der Waals surface area (Å²) >= 11 is 0. The van der Waals surface area contributed by atoms with E-state index in [-0.39, 0.29) is 10.8 Å². The molecule has 0 spiro atoms. The molecular formula is C25H24N2O3S. The monoisotopic (exact) mass is 432 g/mol.